The van der Waals surface area contributed by atoms with E-state index in [-0.39, 0.29) is 12.3 Å². The number of aliphatic carboxylic acids is 1. The number of benzene rings is 1. The third-order valence-electron chi connectivity index (χ3n) is 3.17. The standard InChI is InChI=1S/C16H23NO5/c1-3-4-9-22-13-7-5-12(6-8-13)10-14(17-11(2)18)15(19)16(20)21/h5-8,14-15,19H,3-4,9-10H2,1-2H3,(H,17,18)(H,20,21). The van der Waals surface area contributed by atoms with E-state index in [1.165, 1.54) is 6.92 Å². The van der Waals surface area contributed by atoms with Crippen LogP contribution in [0.5, 0.6) is 5.75 Å². The van der Waals surface area contributed by atoms with E-state index < -0.39 is 18.1 Å². The second-order valence-electron chi connectivity index (χ2n) is 5.14. The third-order valence-corrected chi connectivity index (χ3v) is 3.17. The predicted molar refractivity (Wildman–Crippen MR) is 81.8 cm³/mol. The van der Waals surface area contributed by atoms with E-state index >= 15 is 0 Å². The molecule has 2 atom stereocenters. The van der Waals surface area contributed by atoms with Gasteiger partial charge in [-0.2, -0.15) is 0 Å². The minimum atomic E-state index is -1.65. The van der Waals surface area contributed by atoms with Gasteiger partial charge >= 0.3 is 5.97 Å². The zero-order valence-corrected chi connectivity index (χ0v) is 12.9. The Morgan fingerprint density at radius 2 is 1.91 bits per heavy atom. The molecule has 2 unspecified atom stereocenters. The molecule has 0 aromatic heterocycles. The number of carboxylic acids is 1. The second-order valence-corrected chi connectivity index (χ2v) is 5.14. The van der Waals surface area contributed by atoms with E-state index in [4.69, 9.17) is 9.84 Å². The highest BCUT2D eigenvalue weighted by Crippen LogP contribution is 2.15. The van der Waals surface area contributed by atoms with Crippen LogP contribution in [0.15, 0.2) is 24.3 Å². The molecule has 1 amide bonds. The van der Waals surface area contributed by atoms with E-state index in [0.29, 0.717) is 6.61 Å². The molecule has 0 radical (unpaired) electrons. The van der Waals surface area contributed by atoms with Gasteiger partial charge in [0.25, 0.3) is 0 Å². The Hall–Kier alpha value is -2.08. The number of aliphatic hydroxyl groups is 1. The van der Waals surface area contributed by atoms with E-state index in [2.05, 4.69) is 12.2 Å². The van der Waals surface area contributed by atoms with Crippen molar-refractivity contribution in [1.82, 2.24) is 5.32 Å². The van der Waals surface area contributed by atoms with Crippen molar-refractivity contribution in [3.8, 4) is 5.75 Å². The normalized spacial score (nSPS) is 13.2. The van der Waals surface area contributed by atoms with Crippen LogP contribution >= 0.6 is 0 Å². The number of unbranched alkanes of at least 4 members (excludes halogenated alkanes) is 1. The Balaban J connectivity index is 2.68. The van der Waals surface area contributed by atoms with Gasteiger partial charge in [-0.25, -0.2) is 4.79 Å². The second kappa shape index (κ2) is 9.04. The summed E-state index contributed by atoms with van der Waals surface area (Å²) >= 11 is 0. The zero-order valence-electron chi connectivity index (χ0n) is 12.9. The molecule has 1 rings (SSSR count). The van der Waals surface area contributed by atoms with E-state index in [9.17, 15) is 14.7 Å². The summed E-state index contributed by atoms with van der Waals surface area (Å²) in [6.07, 6.45) is 0.618. The molecule has 122 valence electrons. The third kappa shape index (κ3) is 6.13. The first kappa shape index (κ1) is 18.0. The summed E-state index contributed by atoms with van der Waals surface area (Å²) in [6, 6.07) is 6.31. The van der Waals surface area contributed by atoms with Gasteiger partial charge in [0.15, 0.2) is 6.10 Å². The number of nitrogens with one attached hydrogen (secondary N) is 1. The molecule has 0 aliphatic heterocycles. The number of ether oxygens (including phenoxy) is 1. The Labute approximate surface area is 130 Å². The van der Waals surface area contributed by atoms with Gasteiger partial charge in [0.05, 0.1) is 12.6 Å². The molecule has 0 saturated heterocycles. The molecule has 1 aromatic carbocycles. The van der Waals surface area contributed by atoms with Gasteiger partial charge in [0.1, 0.15) is 5.75 Å². The van der Waals surface area contributed by atoms with Crippen LogP contribution in [0.25, 0.3) is 0 Å². The average molecular weight is 309 g/mol. The summed E-state index contributed by atoms with van der Waals surface area (Å²) in [7, 11) is 0. The highest BCUT2D eigenvalue weighted by atomic mass is 16.5. The predicted octanol–water partition coefficient (Wildman–Crippen LogP) is 1.36. The molecule has 0 heterocycles. The Bertz CT molecular complexity index is 486. The van der Waals surface area contributed by atoms with Crippen LogP contribution in [0.3, 0.4) is 0 Å². The van der Waals surface area contributed by atoms with Gasteiger partial charge in [-0.1, -0.05) is 25.5 Å². The Morgan fingerprint density at radius 3 is 2.41 bits per heavy atom. The van der Waals surface area contributed by atoms with Gasteiger partial charge in [-0.05, 0) is 30.5 Å². The Kier molecular flexibility index (Phi) is 7.39. The minimum absolute atomic E-state index is 0.224. The van der Waals surface area contributed by atoms with Crippen LogP contribution < -0.4 is 10.1 Å². The van der Waals surface area contributed by atoms with Crippen LogP contribution in [0, 0.1) is 0 Å². The highest BCUT2D eigenvalue weighted by Gasteiger charge is 2.26. The van der Waals surface area contributed by atoms with Crippen LogP contribution in [0.1, 0.15) is 32.3 Å². The number of hydrogen-bond donors (Lipinski definition) is 3. The molecule has 1 aromatic rings. The van der Waals surface area contributed by atoms with Crippen molar-refractivity contribution in [2.45, 2.75) is 45.3 Å². The highest BCUT2D eigenvalue weighted by molar-refractivity contribution is 5.77. The lowest BCUT2D eigenvalue weighted by atomic mass is 10.0. The lowest BCUT2D eigenvalue weighted by Gasteiger charge is -2.21. The van der Waals surface area contributed by atoms with Gasteiger partial charge in [-0.15, -0.1) is 0 Å². The summed E-state index contributed by atoms with van der Waals surface area (Å²) < 4.78 is 5.54. The zero-order chi connectivity index (χ0) is 16.5. The summed E-state index contributed by atoms with van der Waals surface area (Å²) in [6.45, 7) is 4.02. The first-order valence-electron chi connectivity index (χ1n) is 7.33. The molecule has 22 heavy (non-hydrogen) atoms. The van der Waals surface area contributed by atoms with Gasteiger partial charge in [0.2, 0.25) is 5.91 Å². The van der Waals surface area contributed by atoms with Crippen molar-refractivity contribution in [3.63, 3.8) is 0 Å². The Morgan fingerprint density at radius 1 is 1.27 bits per heavy atom. The van der Waals surface area contributed by atoms with Gasteiger partial charge in [-0.3, -0.25) is 4.79 Å². The SMILES string of the molecule is CCCCOc1ccc(CC(NC(C)=O)C(O)C(=O)O)cc1. The molecule has 3 N–H and O–H groups in total. The summed E-state index contributed by atoms with van der Waals surface area (Å²) in [5.41, 5.74) is 0.807. The number of carbonyl (C=O) groups is 2. The average Bonchev–Trinajstić information content (AvgIpc) is 2.47. The smallest absolute Gasteiger partial charge is 0.334 e. The molecule has 0 aliphatic rings. The van der Waals surface area contributed by atoms with Crippen molar-refractivity contribution in [1.29, 1.82) is 0 Å². The van der Waals surface area contributed by atoms with E-state index in [0.717, 1.165) is 24.2 Å². The van der Waals surface area contributed by atoms with Crippen molar-refractivity contribution < 1.29 is 24.5 Å². The van der Waals surface area contributed by atoms with Crippen LogP contribution in [-0.4, -0.2) is 40.8 Å². The summed E-state index contributed by atoms with van der Waals surface area (Å²) in [5.74, 6) is -1.00. The maximum absolute atomic E-state index is 11.1. The fraction of sp³-hybridized carbons (Fsp3) is 0.500. The molecule has 0 fully saturated rings. The molecule has 0 aliphatic carbocycles. The fourth-order valence-electron chi connectivity index (χ4n) is 1.98. The number of aliphatic hydroxyl groups excluding tert-OH is 1. The van der Waals surface area contributed by atoms with Crippen LogP contribution in [0.2, 0.25) is 0 Å². The molecular weight excluding hydrogens is 286 g/mol. The molecule has 0 spiro atoms. The van der Waals surface area contributed by atoms with E-state index in [1.807, 2.05) is 0 Å². The number of carboxylic acid groups (broad SMARTS) is 1. The van der Waals surface area contributed by atoms with Crippen molar-refractivity contribution in [2.24, 2.45) is 0 Å². The largest absolute Gasteiger partial charge is 0.494 e. The lowest BCUT2D eigenvalue weighted by Crippen LogP contribution is -2.47. The summed E-state index contributed by atoms with van der Waals surface area (Å²) in [5, 5.41) is 21.0. The minimum Gasteiger partial charge on any atom is -0.494 e. The first-order valence-corrected chi connectivity index (χ1v) is 7.33. The van der Waals surface area contributed by atoms with Gasteiger partial charge in [0, 0.05) is 6.92 Å². The summed E-state index contributed by atoms with van der Waals surface area (Å²) in [4.78, 5) is 22.0. The number of hydrogen-bond acceptors (Lipinski definition) is 4. The fourth-order valence-corrected chi connectivity index (χ4v) is 1.98. The number of amides is 1. The number of carbonyl (C=O) groups excluding carboxylic acids is 1. The number of rotatable bonds is 9. The monoisotopic (exact) mass is 309 g/mol. The van der Waals surface area contributed by atoms with Crippen LogP contribution in [-0.2, 0) is 16.0 Å². The topological polar surface area (TPSA) is 95.9 Å². The maximum Gasteiger partial charge on any atom is 0.334 e. The molecular formula is C16H23NO5. The first-order chi connectivity index (χ1) is 10.4. The van der Waals surface area contributed by atoms with Gasteiger partial charge < -0.3 is 20.3 Å². The van der Waals surface area contributed by atoms with E-state index in [1.54, 1.807) is 24.3 Å². The van der Waals surface area contributed by atoms with Crippen LogP contribution in [0.4, 0.5) is 0 Å². The maximum atomic E-state index is 11.1. The van der Waals surface area contributed by atoms with Crippen molar-refractivity contribution in [2.75, 3.05) is 6.61 Å². The van der Waals surface area contributed by atoms with Crippen molar-refractivity contribution in [3.05, 3.63) is 29.8 Å². The molecule has 6 nitrogen and oxygen atoms in total. The quantitative estimate of drug-likeness (QED) is 0.599. The lowest BCUT2D eigenvalue weighted by molar-refractivity contribution is -0.148. The molecule has 0 saturated carbocycles. The molecule has 0 bridgehead atoms. The van der Waals surface area contributed by atoms with Crippen molar-refractivity contribution >= 4 is 11.9 Å². The molecule has 6 heteroatoms.